The van der Waals surface area contributed by atoms with Crippen LogP contribution in [0.15, 0.2) is 96.0 Å². The van der Waals surface area contributed by atoms with Crippen molar-refractivity contribution in [3.05, 3.63) is 113 Å². The van der Waals surface area contributed by atoms with Crippen LogP contribution in [-0.4, -0.2) is 122 Å². The van der Waals surface area contributed by atoms with Gasteiger partial charge in [-0.1, -0.05) is 62.3 Å². The third-order valence-electron chi connectivity index (χ3n) is 13.3. The van der Waals surface area contributed by atoms with Crippen molar-refractivity contribution in [3.63, 3.8) is 0 Å². The molecule has 17 heteroatoms. The van der Waals surface area contributed by atoms with E-state index in [0.717, 1.165) is 26.0 Å². The molecule has 0 aromatic heterocycles. The van der Waals surface area contributed by atoms with Gasteiger partial charge in [0.2, 0.25) is 0 Å². The van der Waals surface area contributed by atoms with E-state index >= 15 is 4.79 Å². The molecule has 7 rings (SSSR count). The van der Waals surface area contributed by atoms with E-state index in [-0.39, 0.29) is 28.0 Å². The fourth-order valence-corrected chi connectivity index (χ4v) is 10.1. The number of fused-ring (bicyclic) bond motifs is 5. The number of ketones is 1. The molecule has 2 bridgehead atoms. The van der Waals surface area contributed by atoms with E-state index < -0.39 is 161 Å². The summed E-state index contributed by atoms with van der Waals surface area (Å²) < 4.78 is 70.4. The van der Waals surface area contributed by atoms with E-state index in [2.05, 4.69) is 5.32 Å². The second-order valence-electron chi connectivity index (χ2n) is 17.3. The minimum atomic E-state index is -2.62. The van der Waals surface area contributed by atoms with Gasteiger partial charge < -0.3 is 54.5 Å². The molecule has 4 aliphatic rings. The fourth-order valence-electron chi connectivity index (χ4n) is 10.1. The van der Waals surface area contributed by atoms with Crippen molar-refractivity contribution in [1.29, 1.82) is 0 Å². The zero-order chi connectivity index (χ0) is 51.0. The van der Waals surface area contributed by atoms with E-state index in [9.17, 15) is 49.5 Å². The smallest absolute Gasteiger partial charge is 0.338 e. The summed E-state index contributed by atoms with van der Waals surface area (Å²) in [4.78, 5) is 84.3. The average Bonchev–Trinajstić information content (AvgIpc) is 3.28. The molecule has 12 atom stereocenters. The Balaban J connectivity index is 1.40. The highest BCUT2D eigenvalue weighted by Gasteiger charge is 2.80. The lowest BCUT2D eigenvalue weighted by molar-refractivity contribution is -0.369. The van der Waals surface area contributed by atoms with Crippen LogP contribution in [0.4, 0.5) is 0 Å². The van der Waals surface area contributed by atoms with Gasteiger partial charge in [0.25, 0.3) is 5.91 Å². The lowest BCUT2D eigenvalue weighted by Gasteiger charge is -2.68. The number of rotatable bonds is 10. The first-order valence-corrected chi connectivity index (χ1v) is 20.3. The van der Waals surface area contributed by atoms with Crippen molar-refractivity contribution in [2.24, 2.45) is 16.7 Å². The maximum absolute atomic E-state index is 15.6. The number of benzene rings is 3. The molecule has 3 aromatic rings. The maximum Gasteiger partial charge on any atom is 0.338 e. The van der Waals surface area contributed by atoms with E-state index in [4.69, 9.17) is 30.5 Å². The van der Waals surface area contributed by atoms with Crippen molar-refractivity contribution in [1.82, 2.24) is 5.32 Å². The van der Waals surface area contributed by atoms with E-state index in [1.165, 1.54) is 64.1 Å². The van der Waals surface area contributed by atoms with E-state index in [1.807, 2.05) is 0 Å². The van der Waals surface area contributed by atoms with Gasteiger partial charge in [0, 0.05) is 31.2 Å². The SMILES string of the molecule is [2H]c1c([2H])c([2H])c(C(=O)NC(c2ccc(O)cc2)C(O)C(=O)OC2C[C@@]3(O)C(OC(=O)c4ccccc4)C4[C@](C)(C(=O)[C@H](OC(C)=O)C(=C2C)C3(C)C)[C@@H](O)C(O)[C@H]2OC[C@@]42OC(C)=O)c([2H])c1[2H]. The third-order valence-corrected chi connectivity index (χ3v) is 13.3. The number of hydrogen-bond donors (Lipinski definition) is 6. The summed E-state index contributed by atoms with van der Waals surface area (Å²) in [5.41, 5.74) is -10.2. The lowest BCUT2D eigenvalue weighted by Crippen LogP contribution is -2.85. The predicted octanol–water partition coefficient (Wildman–Crippen LogP) is 2.41. The molecule has 0 radical (unpaired) electrons. The number of phenolic OH excluding ortho intramolecular Hbond substituents is 1. The van der Waals surface area contributed by atoms with Gasteiger partial charge in [-0.3, -0.25) is 19.2 Å². The van der Waals surface area contributed by atoms with Crippen LogP contribution in [0.25, 0.3) is 0 Å². The first-order valence-electron chi connectivity index (χ1n) is 22.8. The van der Waals surface area contributed by atoms with Crippen LogP contribution in [0.3, 0.4) is 0 Å². The molecule has 17 nitrogen and oxygen atoms in total. The minimum Gasteiger partial charge on any atom is -0.508 e. The maximum atomic E-state index is 15.6. The van der Waals surface area contributed by atoms with Crippen LogP contribution >= 0.6 is 0 Å². The summed E-state index contributed by atoms with van der Waals surface area (Å²) in [6.07, 6.45) is -14.7. The molecule has 1 amide bonds. The predicted molar refractivity (Wildman–Crippen MR) is 221 cm³/mol. The van der Waals surface area contributed by atoms with Crippen LogP contribution in [0.5, 0.6) is 5.75 Å². The van der Waals surface area contributed by atoms with Gasteiger partial charge in [0.1, 0.15) is 35.8 Å². The van der Waals surface area contributed by atoms with Gasteiger partial charge >= 0.3 is 23.9 Å². The number of ether oxygens (including phenoxy) is 5. The second-order valence-corrected chi connectivity index (χ2v) is 17.3. The number of carbonyl (C=O) groups excluding carboxylic acids is 6. The Labute approximate surface area is 374 Å². The molecule has 1 saturated heterocycles. The standard InChI is InChI=1S/C47H51NO16/c1-23-30(62-43(58)33(52)32(26-17-19-29(51)20-18-26)48-41(56)27-13-9-7-10-14-27)21-47(59)40(63-42(57)28-15-11-8-12-16-28)36-45(6,38(55)35(61-24(2)49)31(23)44(47,4)5)37(54)34(53)39-46(36,22-60-39)64-25(3)50/h7-20,30,32-37,39-40,51-54,59H,21-22H2,1-6H3,(H,48,56)/t30?,32?,33?,34?,35-,36?,37+,39-,40?,45+,46-,47-/m1/s1/i7D,9D,10D,13D,14D. The Morgan fingerprint density at radius 2 is 1.53 bits per heavy atom. The van der Waals surface area contributed by atoms with Gasteiger partial charge in [-0.25, -0.2) is 9.59 Å². The summed E-state index contributed by atoms with van der Waals surface area (Å²) in [5.74, 6) is -9.10. The average molecular weight is 891 g/mol. The molecule has 340 valence electrons. The Kier molecular flexibility index (Phi) is 10.4. The van der Waals surface area contributed by atoms with Crippen molar-refractivity contribution in [2.45, 2.75) is 108 Å². The molecule has 64 heavy (non-hydrogen) atoms. The molecule has 1 aliphatic heterocycles. The van der Waals surface area contributed by atoms with Crippen LogP contribution in [0.2, 0.25) is 0 Å². The second kappa shape index (κ2) is 16.9. The number of esters is 4. The normalized spacial score (nSPS) is 33.5. The Morgan fingerprint density at radius 1 is 0.891 bits per heavy atom. The molecule has 3 fully saturated rings. The third kappa shape index (κ3) is 7.44. The summed E-state index contributed by atoms with van der Waals surface area (Å²) in [6.45, 7) is 6.89. The topological polar surface area (TPSA) is 262 Å². The molecule has 2 saturated carbocycles. The van der Waals surface area contributed by atoms with Crippen LogP contribution in [-0.2, 0) is 42.9 Å². The molecule has 6 unspecified atom stereocenters. The highest BCUT2D eigenvalue weighted by Crippen LogP contribution is 2.64. The van der Waals surface area contributed by atoms with Gasteiger partial charge in [-0.2, -0.15) is 0 Å². The number of carbonyl (C=O) groups is 6. The molecule has 3 aliphatic carbocycles. The van der Waals surface area contributed by atoms with Crippen molar-refractivity contribution in [2.75, 3.05) is 6.61 Å². The van der Waals surface area contributed by atoms with E-state index in [0.29, 0.717) is 0 Å². The number of nitrogens with one attached hydrogen (secondary N) is 1. The number of aliphatic hydroxyl groups excluding tert-OH is 3. The first-order chi connectivity index (χ1) is 32.2. The monoisotopic (exact) mass is 890 g/mol. The highest BCUT2D eigenvalue weighted by molar-refractivity contribution is 5.96. The zero-order valence-electron chi connectivity index (χ0n) is 40.5. The number of aromatic hydroxyl groups is 1. The summed E-state index contributed by atoms with van der Waals surface area (Å²) in [5, 5.41) is 61.7. The van der Waals surface area contributed by atoms with Crippen LogP contribution < -0.4 is 5.32 Å². The Hall–Kier alpha value is -5.98. The number of Topliss-reactive ketones (excluding diaryl/α,β-unsaturated/α-hetero) is 1. The quantitative estimate of drug-likeness (QED) is 0.0970. The first kappa shape index (κ1) is 39.6. The van der Waals surface area contributed by atoms with Crippen molar-refractivity contribution < 1.29 is 84.8 Å². The molecular formula is C47H51NO16. The number of phenols is 1. The summed E-state index contributed by atoms with van der Waals surface area (Å²) in [6, 6.07) is 6.02. The molecule has 3 aromatic carbocycles. The van der Waals surface area contributed by atoms with Crippen LogP contribution in [0.1, 0.15) is 87.1 Å². The number of aliphatic hydroxyl groups is 4. The zero-order valence-corrected chi connectivity index (χ0v) is 35.5. The van der Waals surface area contributed by atoms with E-state index in [1.54, 1.807) is 6.07 Å². The fraction of sp³-hybridized carbons (Fsp3) is 0.447. The van der Waals surface area contributed by atoms with Gasteiger partial charge in [-0.15, -0.1) is 0 Å². The largest absolute Gasteiger partial charge is 0.508 e. The Bertz CT molecular complexity index is 2640. The van der Waals surface area contributed by atoms with Crippen molar-refractivity contribution in [3.8, 4) is 5.75 Å². The van der Waals surface area contributed by atoms with Gasteiger partial charge in [0.15, 0.2) is 23.6 Å². The lowest BCUT2D eigenvalue weighted by atomic mass is 9.44. The van der Waals surface area contributed by atoms with Gasteiger partial charge in [-0.05, 0) is 66.9 Å². The minimum absolute atomic E-state index is 0.0326. The molecule has 6 N–H and O–H groups in total. The summed E-state index contributed by atoms with van der Waals surface area (Å²) in [7, 11) is 0. The molecular weight excluding hydrogens is 835 g/mol. The molecule has 0 spiro atoms. The number of amides is 1. The summed E-state index contributed by atoms with van der Waals surface area (Å²) >= 11 is 0. The Morgan fingerprint density at radius 3 is 2.11 bits per heavy atom. The molecule has 1 heterocycles. The van der Waals surface area contributed by atoms with Crippen molar-refractivity contribution >= 4 is 35.6 Å². The number of hydrogen-bond acceptors (Lipinski definition) is 16. The van der Waals surface area contributed by atoms with Gasteiger partial charge in [0.05, 0.1) is 42.5 Å². The highest BCUT2D eigenvalue weighted by atomic mass is 16.6. The van der Waals surface area contributed by atoms with Crippen LogP contribution in [0, 0.1) is 16.7 Å².